The number of carbonyl (C=O) groups is 2. The molecule has 1 aliphatic rings. The molecule has 0 spiro atoms. The van der Waals surface area contributed by atoms with Crippen molar-refractivity contribution < 1.29 is 14.3 Å². The van der Waals surface area contributed by atoms with Gasteiger partial charge in [-0.05, 0) is 39.0 Å². The van der Waals surface area contributed by atoms with Crippen molar-refractivity contribution in [2.24, 2.45) is 0 Å². The van der Waals surface area contributed by atoms with Gasteiger partial charge in [0, 0.05) is 22.6 Å². The molecule has 0 saturated carbocycles. The normalized spacial score (nSPS) is 15.7. The average Bonchev–Trinajstić information content (AvgIpc) is 3.00. The first-order chi connectivity index (χ1) is 13.3. The van der Waals surface area contributed by atoms with Crippen LogP contribution in [0.25, 0.3) is 5.78 Å². The molecule has 1 unspecified atom stereocenters. The Morgan fingerprint density at radius 1 is 1.36 bits per heavy atom. The van der Waals surface area contributed by atoms with Crippen molar-refractivity contribution in [3.8, 4) is 5.75 Å². The smallest absolute Gasteiger partial charge is 0.265 e. The molecule has 0 fully saturated rings. The summed E-state index contributed by atoms with van der Waals surface area (Å²) in [5.74, 6) is 0.640. The molecule has 4 N–H and O–H groups in total. The van der Waals surface area contributed by atoms with E-state index in [1.807, 2.05) is 13.8 Å². The summed E-state index contributed by atoms with van der Waals surface area (Å²) in [6.45, 7) is 5.32. The van der Waals surface area contributed by atoms with Crippen LogP contribution in [0.4, 0.5) is 17.3 Å². The van der Waals surface area contributed by atoms with Crippen LogP contribution in [0.3, 0.4) is 0 Å². The Kier molecular flexibility index (Phi) is 4.10. The van der Waals surface area contributed by atoms with Gasteiger partial charge in [-0.1, -0.05) is 0 Å². The molecule has 10 nitrogen and oxygen atoms in total. The van der Waals surface area contributed by atoms with Crippen molar-refractivity contribution in [2.75, 3.05) is 16.4 Å². The highest BCUT2D eigenvalue weighted by molar-refractivity contribution is 5.99. The highest BCUT2D eigenvalue weighted by Crippen LogP contribution is 2.32. The standard InChI is InChI=1S/C18H19N7O3/c1-8-12(9(2)25-18(20-8)23-17(19)24-25)7-15(26)21-11-4-5-14-13(6-11)22-16(27)10(3)28-14/h4-6,10H,7H2,1-3H3,(H2,19,24)(H,21,26)(H,22,27). The summed E-state index contributed by atoms with van der Waals surface area (Å²) in [6.07, 6.45) is -0.440. The highest BCUT2D eigenvalue weighted by atomic mass is 16.5. The van der Waals surface area contributed by atoms with Gasteiger partial charge in [-0.2, -0.15) is 9.50 Å². The molecule has 3 heterocycles. The number of anilines is 3. The van der Waals surface area contributed by atoms with Crippen LogP contribution in [-0.4, -0.2) is 37.5 Å². The second-order valence-corrected chi connectivity index (χ2v) is 6.63. The number of benzene rings is 1. The number of ether oxygens (including phenoxy) is 1. The van der Waals surface area contributed by atoms with E-state index in [2.05, 4.69) is 25.7 Å². The molecular weight excluding hydrogens is 362 g/mol. The third kappa shape index (κ3) is 3.08. The number of aryl methyl sites for hydroxylation is 2. The highest BCUT2D eigenvalue weighted by Gasteiger charge is 2.24. The number of nitrogen functional groups attached to an aromatic ring is 1. The van der Waals surface area contributed by atoms with Gasteiger partial charge in [0.25, 0.3) is 11.7 Å². The predicted octanol–water partition coefficient (Wildman–Crippen LogP) is 1.22. The van der Waals surface area contributed by atoms with Crippen LogP contribution in [0.15, 0.2) is 18.2 Å². The Morgan fingerprint density at radius 3 is 2.93 bits per heavy atom. The maximum Gasteiger partial charge on any atom is 0.265 e. The van der Waals surface area contributed by atoms with Gasteiger partial charge in [0.05, 0.1) is 12.1 Å². The fourth-order valence-electron chi connectivity index (χ4n) is 3.13. The van der Waals surface area contributed by atoms with E-state index in [1.165, 1.54) is 4.52 Å². The summed E-state index contributed by atoms with van der Waals surface area (Å²) >= 11 is 0. The van der Waals surface area contributed by atoms with Crippen LogP contribution in [0, 0.1) is 13.8 Å². The Hall–Kier alpha value is -3.69. The predicted molar refractivity (Wildman–Crippen MR) is 102 cm³/mol. The molecule has 4 rings (SSSR count). The molecular formula is C18H19N7O3. The number of nitrogens with one attached hydrogen (secondary N) is 2. The third-order valence-corrected chi connectivity index (χ3v) is 4.60. The van der Waals surface area contributed by atoms with E-state index in [-0.39, 0.29) is 24.2 Å². The summed E-state index contributed by atoms with van der Waals surface area (Å²) in [6, 6.07) is 5.10. The van der Waals surface area contributed by atoms with Crippen LogP contribution in [0.5, 0.6) is 5.75 Å². The number of nitrogens with two attached hydrogens (primary N) is 1. The van der Waals surface area contributed by atoms with Crippen LogP contribution in [-0.2, 0) is 16.0 Å². The van der Waals surface area contributed by atoms with Crippen LogP contribution in [0.1, 0.15) is 23.9 Å². The topological polar surface area (TPSA) is 137 Å². The van der Waals surface area contributed by atoms with Gasteiger partial charge in [0.15, 0.2) is 6.10 Å². The lowest BCUT2D eigenvalue weighted by Crippen LogP contribution is -2.34. The number of nitrogens with zero attached hydrogens (tertiary/aromatic N) is 4. The monoisotopic (exact) mass is 381 g/mol. The average molecular weight is 381 g/mol. The quantitative estimate of drug-likeness (QED) is 0.620. The molecule has 1 aromatic carbocycles. The Morgan fingerprint density at radius 2 is 2.14 bits per heavy atom. The molecule has 28 heavy (non-hydrogen) atoms. The molecule has 0 aliphatic carbocycles. The van der Waals surface area contributed by atoms with Crippen LogP contribution < -0.4 is 21.1 Å². The summed E-state index contributed by atoms with van der Waals surface area (Å²) in [4.78, 5) is 32.7. The van der Waals surface area contributed by atoms with Gasteiger partial charge in [-0.3, -0.25) is 9.59 Å². The Balaban J connectivity index is 1.55. The van der Waals surface area contributed by atoms with Gasteiger partial charge in [-0.15, -0.1) is 5.10 Å². The van der Waals surface area contributed by atoms with Gasteiger partial charge >= 0.3 is 0 Å². The lowest BCUT2D eigenvalue weighted by atomic mass is 10.1. The summed E-state index contributed by atoms with van der Waals surface area (Å²) < 4.78 is 7.04. The zero-order valence-electron chi connectivity index (χ0n) is 15.6. The number of carbonyl (C=O) groups excluding carboxylic acids is 2. The second kappa shape index (κ2) is 6.48. The van der Waals surface area contributed by atoms with Crippen molar-refractivity contribution in [3.05, 3.63) is 35.2 Å². The first-order valence-electron chi connectivity index (χ1n) is 8.71. The van der Waals surface area contributed by atoms with E-state index < -0.39 is 6.10 Å². The molecule has 10 heteroatoms. The van der Waals surface area contributed by atoms with Crippen LogP contribution >= 0.6 is 0 Å². The molecule has 1 aliphatic heterocycles. The molecule has 2 amide bonds. The maximum absolute atomic E-state index is 12.6. The zero-order chi connectivity index (χ0) is 20.0. The molecule has 3 aromatic rings. The minimum absolute atomic E-state index is 0.108. The first-order valence-corrected chi connectivity index (χ1v) is 8.71. The minimum atomic E-state index is -0.549. The largest absolute Gasteiger partial charge is 0.479 e. The first kappa shape index (κ1) is 17.7. The molecule has 2 aromatic heterocycles. The van der Waals surface area contributed by atoms with Crippen molar-refractivity contribution in [3.63, 3.8) is 0 Å². The van der Waals surface area contributed by atoms with Crippen molar-refractivity contribution in [2.45, 2.75) is 33.3 Å². The summed E-state index contributed by atoms with van der Waals surface area (Å²) in [5, 5.41) is 9.69. The fourth-order valence-corrected chi connectivity index (χ4v) is 3.13. The van der Waals surface area contributed by atoms with E-state index >= 15 is 0 Å². The van der Waals surface area contributed by atoms with Crippen molar-refractivity contribution >= 4 is 34.9 Å². The lowest BCUT2D eigenvalue weighted by molar-refractivity contribution is -0.122. The van der Waals surface area contributed by atoms with Crippen molar-refractivity contribution in [1.29, 1.82) is 0 Å². The number of hydrogen-bond donors (Lipinski definition) is 3. The van der Waals surface area contributed by atoms with Gasteiger partial charge in [-0.25, -0.2) is 4.98 Å². The summed E-state index contributed by atoms with van der Waals surface area (Å²) in [7, 11) is 0. The Bertz CT molecular complexity index is 1120. The fraction of sp³-hybridized carbons (Fsp3) is 0.278. The van der Waals surface area contributed by atoms with E-state index in [1.54, 1.807) is 25.1 Å². The lowest BCUT2D eigenvalue weighted by Gasteiger charge is -2.23. The van der Waals surface area contributed by atoms with Gasteiger partial charge in [0.1, 0.15) is 5.75 Å². The number of amides is 2. The van der Waals surface area contributed by atoms with Gasteiger partial charge in [0.2, 0.25) is 11.9 Å². The molecule has 0 saturated heterocycles. The molecule has 0 bridgehead atoms. The van der Waals surface area contributed by atoms with Gasteiger partial charge < -0.3 is 21.1 Å². The molecule has 0 radical (unpaired) electrons. The second-order valence-electron chi connectivity index (χ2n) is 6.63. The van der Waals surface area contributed by atoms with Crippen LogP contribution in [0.2, 0.25) is 0 Å². The van der Waals surface area contributed by atoms with Crippen molar-refractivity contribution in [1.82, 2.24) is 19.6 Å². The molecule has 144 valence electrons. The number of hydrogen-bond acceptors (Lipinski definition) is 7. The third-order valence-electron chi connectivity index (χ3n) is 4.60. The molecule has 1 atom stereocenters. The van der Waals surface area contributed by atoms with E-state index in [0.717, 1.165) is 11.3 Å². The minimum Gasteiger partial charge on any atom is -0.479 e. The van der Waals surface area contributed by atoms with E-state index in [0.29, 0.717) is 28.6 Å². The maximum atomic E-state index is 12.6. The number of rotatable bonds is 3. The van der Waals surface area contributed by atoms with E-state index in [9.17, 15) is 9.59 Å². The zero-order valence-corrected chi connectivity index (χ0v) is 15.6. The number of aromatic nitrogens is 4. The number of fused-ring (bicyclic) bond motifs is 2. The van der Waals surface area contributed by atoms with E-state index in [4.69, 9.17) is 10.5 Å². The Labute approximate surface area is 160 Å². The SMILES string of the molecule is Cc1nc2nc(N)nn2c(C)c1CC(=O)Nc1ccc2c(c1)NC(=O)C(C)O2. The summed E-state index contributed by atoms with van der Waals surface area (Å²) in [5.41, 5.74) is 8.90.